The number of unbranched alkanes of at least 4 members (excludes halogenated alkanes) is 55. The summed E-state index contributed by atoms with van der Waals surface area (Å²) in [6.45, 7) is 4.99. The topological polar surface area (TPSA) is 95.9 Å². The molecule has 2 unspecified atom stereocenters. The fourth-order valence-electron chi connectivity index (χ4n) is 11.6. The van der Waals surface area contributed by atoms with Crippen LogP contribution in [0, 0.1) is 0 Å². The van der Waals surface area contributed by atoms with Gasteiger partial charge in [-0.1, -0.05) is 360 Å². The van der Waals surface area contributed by atoms with Crippen LogP contribution in [-0.4, -0.2) is 47.4 Å². The van der Waals surface area contributed by atoms with E-state index < -0.39 is 12.1 Å². The molecule has 0 radical (unpaired) electrons. The maximum absolute atomic E-state index is 12.6. The van der Waals surface area contributed by atoms with Crippen LogP contribution in [0.5, 0.6) is 0 Å². The standard InChI is InChI=1S/C72H141NO5/c1-3-5-7-9-11-13-15-17-19-21-22-23-24-25-26-27-29-33-36-40-44-48-52-56-60-64-70(75)69(68-74)73-71(76)65-61-57-53-49-45-41-37-34-30-28-31-35-39-43-47-51-55-59-63-67-78-72(77)66-62-58-54-50-46-42-38-32-20-18-16-14-12-10-8-6-4-2/h28,30,69-70,74-75H,3-27,29,31-68H2,1-2H3,(H,73,76)/b30-28-. The molecule has 2 atom stereocenters. The molecule has 0 rings (SSSR count). The molecule has 0 aromatic carbocycles. The van der Waals surface area contributed by atoms with Gasteiger partial charge in [0.05, 0.1) is 25.4 Å². The van der Waals surface area contributed by atoms with Crippen molar-refractivity contribution >= 4 is 11.9 Å². The molecule has 6 nitrogen and oxygen atoms in total. The van der Waals surface area contributed by atoms with Crippen LogP contribution in [0.2, 0.25) is 0 Å². The molecule has 0 aromatic heterocycles. The van der Waals surface area contributed by atoms with E-state index in [2.05, 4.69) is 31.3 Å². The van der Waals surface area contributed by atoms with Gasteiger partial charge in [-0.25, -0.2) is 0 Å². The Balaban J connectivity index is 3.41. The van der Waals surface area contributed by atoms with Gasteiger partial charge >= 0.3 is 5.97 Å². The van der Waals surface area contributed by atoms with E-state index >= 15 is 0 Å². The minimum absolute atomic E-state index is 0.00942. The van der Waals surface area contributed by atoms with Crippen molar-refractivity contribution in [1.29, 1.82) is 0 Å². The summed E-state index contributed by atoms with van der Waals surface area (Å²) in [7, 11) is 0. The average Bonchev–Trinajstić information content (AvgIpc) is 3.44. The number of hydrogen-bond acceptors (Lipinski definition) is 5. The lowest BCUT2D eigenvalue weighted by atomic mass is 10.0. The molecule has 0 fully saturated rings. The third-order valence-electron chi connectivity index (χ3n) is 17.1. The quantitative estimate of drug-likeness (QED) is 0.0320. The van der Waals surface area contributed by atoms with Gasteiger partial charge in [0.2, 0.25) is 5.91 Å². The highest BCUT2D eigenvalue weighted by Crippen LogP contribution is 2.19. The normalized spacial score (nSPS) is 12.5. The lowest BCUT2D eigenvalue weighted by Gasteiger charge is -2.22. The van der Waals surface area contributed by atoms with Crippen LogP contribution >= 0.6 is 0 Å². The van der Waals surface area contributed by atoms with Crippen LogP contribution in [0.25, 0.3) is 0 Å². The highest BCUT2D eigenvalue weighted by atomic mass is 16.5. The van der Waals surface area contributed by atoms with Gasteiger partial charge in [0.1, 0.15) is 0 Å². The van der Waals surface area contributed by atoms with Crippen molar-refractivity contribution in [3.63, 3.8) is 0 Å². The maximum Gasteiger partial charge on any atom is 0.305 e. The number of carbonyl (C=O) groups is 2. The summed E-state index contributed by atoms with van der Waals surface area (Å²) < 4.78 is 5.50. The molecule has 0 aliphatic rings. The van der Waals surface area contributed by atoms with Gasteiger partial charge in [0, 0.05) is 12.8 Å². The van der Waals surface area contributed by atoms with E-state index in [-0.39, 0.29) is 18.5 Å². The first kappa shape index (κ1) is 76.6. The molecule has 0 spiro atoms. The lowest BCUT2D eigenvalue weighted by Crippen LogP contribution is -2.45. The van der Waals surface area contributed by atoms with E-state index in [0.717, 1.165) is 38.5 Å². The highest BCUT2D eigenvalue weighted by Gasteiger charge is 2.20. The minimum Gasteiger partial charge on any atom is -0.466 e. The lowest BCUT2D eigenvalue weighted by molar-refractivity contribution is -0.143. The zero-order chi connectivity index (χ0) is 56.4. The van der Waals surface area contributed by atoms with Gasteiger partial charge in [0.25, 0.3) is 0 Å². The molecular formula is C72H141NO5. The molecule has 0 saturated heterocycles. The van der Waals surface area contributed by atoms with Crippen molar-refractivity contribution in [2.24, 2.45) is 0 Å². The van der Waals surface area contributed by atoms with Crippen LogP contribution in [0.3, 0.4) is 0 Å². The maximum atomic E-state index is 12.6. The molecule has 1 amide bonds. The fourth-order valence-corrected chi connectivity index (χ4v) is 11.6. The zero-order valence-corrected chi connectivity index (χ0v) is 53.2. The third kappa shape index (κ3) is 63.8. The third-order valence-corrected chi connectivity index (χ3v) is 17.1. The molecule has 0 aliphatic carbocycles. The first-order valence-electron chi connectivity index (χ1n) is 35.9. The molecular weight excluding hydrogens is 959 g/mol. The number of amides is 1. The summed E-state index contributed by atoms with van der Waals surface area (Å²) >= 11 is 0. The number of aliphatic hydroxyl groups excluding tert-OH is 2. The zero-order valence-electron chi connectivity index (χ0n) is 53.2. The monoisotopic (exact) mass is 1100 g/mol. The summed E-state index contributed by atoms with van der Waals surface area (Å²) in [5.41, 5.74) is 0. The molecule has 0 saturated carbocycles. The van der Waals surface area contributed by atoms with Crippen molar-refractivity contribution in [2.75, 3.05) is 13.2 Å². The number of nitrogens with one attached hydrogen (secondary N) is 1. The van der Waals surface area contributed by atoms with Crippen LogP contribution in [-0.2, 0) is 14.3 Å². The Morgan fingerprint density at radius 2 is 0.603 bits per heavy atom. The smallest absolute Gasteiger partial charge is 0.305 e. The molecule has 0 aromatic rings. The molecule has 6 heteroatoms. The largest absolute Gasteiger partial charge is 0.466 e. The summed E-state index contributed by atoms with van der Waals surface area (Å²) in [6, 6.07) is -0.550. The second-order valence-corrected chi connectivity index (χ2v) is 24.9. The van der Waals surface area contributed by atoms with Crippen molar-refractivity contribution < 1.29 is 24.5 Å². The van der Waals surface area contributed by atoms with Crippen LogP contribution in [0.1, 0.15) is 412 Å². The molecule has 0 heterocycles. The van der Waals surface area contributed by atoms with E-state index in [1.54, 1.807) is 0 Å². The van der Waals surface area contributed by atoms with Crippen molar-refractivity contribution in [3.05, 3.63) is 12.2 Å². The van der Waals surface area contributed by atoms with Crippen molar-refractivity contribution in [3.8, 4) is 0 Å². The van der Waals surface area contributed by atoms with E-state index in [9.17, 15) is 19.8 Å². The Labute approximate surface area is 489 Å². The van der Waals surface area contributed by atoms with Gasteiger partial charge in [-0.2, -0.15) is 0 Å². The van der Waals surface area contributed by atoms with Crippen LogP contribution < -0.4 is 5.32 Å². The van der Waals surface area contributed by atoms with Crippen molar-refractivity contribution in [2.45, 2.75) is 424 Å². The van der Waals surface area contributed by atoms with E-state index in [4.69, 9.17) is 4.74 Å². The number of esters is 1. The van der Waals surface area contributed by atoms with Gasteiger partial charge in [-0.05, 0) is 51.4 Å². The number of hydrogen-bond donors (Lipinski definition) is 3. The predicted molar refractivity (Wildman–Crippen MR) is 343 cm³/mol. The SMILES string of the molecule is CCCCCCCCCCCCCCCCCCCCCCCCCCCC(O)C(CO)NC(=O)CCCCCCCCC/C=C\CCCCCCCCCCOC(=O)CCCCCCCCCCCCCCCCCCC. The summed E-state index contributed by atoms with van der Waals surface area (Å²) in [6.07, 6.45) is 84.0. The molecule has 3 N–H and O–H groups in total. The van der Waals surface area contributed by atoms with Gasteiger partial charge in [-0.3, -0.25) is 9.59 Å². The number of rotatable bonds is 68. The summed E-state index contributed by atoms with van der Waals surface area (Å²) in [5, 5.41) is 23.4. The number of carbonyl (C=O) groups excluding carboxylic acids is 2. The van der Waals surface area contributed by atoms with Crippen molar-refractivity contribution in [1.82, 2.24) is 5.32 Å². The van der Waals surface area contributed by atoms with E-state index in [1.807, 2.05) is 0 Å². The molecule has 0 aliphatic heterocycles. The number of aliphatic hydroxyl groups is 2. The first-order chi connectivity index (χ1) is 38.5. The summed E-state index contributed by atoms with van der Waals surface area (Å²) in [4.78, 5) is 24.7. The van der Waals surface area contributed by atoms with Gasteiger partial charge in [0.15, 0.2) is 0 Å². The Hall–Kier alpha value is -1.40. The Morgan fingerprint density at radius 3 is 0.910 bits per heavy atom. The van der Waals surface area contributed by atoms with Crippen LogP contribution in [0.15, 0.2) is 12.2 Å². The number of ether oxygens (including phenoxy) is 1. The second-order valence-electron chi connectivity index (χ2n) is 24.9. The summed E-state index contributed by atoms with van der Waals surface area (Å²) in [5.74, 6) is -0.0297. The van der Waals surface area contributed by atoms with Crippen LogP contribution in [0.4, 0.5) is 0 Å². The highest BCUT2D eigenvalue weighted by molar-refractivity contribution is 5.76. The molecule has 78 heavy (non-hydrogen) atoms. The Bertz CT molecular complexity index is 1180. The van der Waals surface area contributed by atoms with Gasteiger partial charge < -0.3 is 20.3 Å². The second kappa shape index (κ2) is 68.1. The first-order valence-corrected chi connectivity index (χ1v) is 35.9. The Morgan fingerprint density at radius 1 is 0.346 bits per heavy atom. The fraction of sp³-hybridized carbons (Fsp3) is 0.944. The Kier molecular flexibility index (Phi) is 66.9. The predicted octanol–water partition coefficient (Wildman–Crippen LogP) is 23.1. The molecule has 0 bridgehead atoms. The number of allylic oxidation sites excluding steroid dienone is 2. The molecule has 464 valence electrons. The van der Waals surface area contributed by atoms with E-state index in [1.165, 1.54) is 340 Å². The average molecular weight is 1100 g/mol. The minimum atomic E-state index is -0.672. The van der Waals surface area contributed by atoms with E-state index in [0.29, 0.717) is 25.9 Å². The van der Waals surface area contributed by atoms with Gasteiger partial charge in [-0.15, -0.1) is 0 Å².